The summed E-state index contributed by atoms with van der Waals surface area (Å²) in [6, 6.07) is 5.83. The number of hydrogen-bond donors (Lipinski definition) is 0. The Morgan fingerprint density at radius 1 is 1.48 bits per heavy atom. The predicted molar refractivity (Wildman–Crippen MR) is 83.8 cm³/mol. The van der Waals surface area contributed by atoms with Gasteiger partial charge in [-0.25, -0.2) is 0 Å². The lowest BCUT2D eigenvalue weighted by Crippen LogP contribution is -2.67. The molecule has 6 heteroatoms. The van der Waals surface area contributed by atoms with Crippen LogP contribution in [0.3, 0.4) is 0 Å². The van der Waals surface area contributed by atoms with Gasteiger partial charge in [-0.2, -0.15) is 0 Å². The van der Waals surface area contributed by atoms with E-state index in [2.05, 4.69) is 4.98 Å². The average molecular weight is 320 g/mol. The summed E-state index contributed by atoms with van der Waals surface area (Å²) in [4.78, 5) is 18.0. The van der Waals surface area contributed by atoms with E-state index in [1.807, 2.05) is 25.1 Å². The molecule has 126 valence electrons. The van der Waals surface area contributed by atoms with Crippen LogP contribution in [0, 0.1) is 0 Å². The van der Waals surface area contributed by atoms with Crippen molar-refractivity contribution in [2.45, 2.75) is 38.1 Å². The number of carbonyl (C=O) groups is 1. The lowest BCUT2D eigenvalue weighted by atomic mass is 9.84. The number of likely N-dealkylation sites (tertiary alicyclic amines) is 1. The molecule has 0 aromatic carbocycles. The molecule has 0 aliphatic carbocycles. The molecule has 0 N–H and O–H groups in total. The maximum Gasteiger partial charge on any atom is 0.248 e. The first-order chi connectivity index (χ1) is 11.2. The van der Waals surface area contributed by atoms with E-state index in [9.17, 15) is 4.79 Å². The molecule has 1 atom stereocenters. The van der Waals surface area contributed by atoms with Gasteiger partial charge in [-0.1, -0.05) is 6.07 Å². The standard InChI is InChI=1S/C17H24N2O4/c1-2-21-11-16(20)19-12-17(13-19)9-15(6-8-23-17)22-10-14-5-3-4-7-18-14/h3-5,7,15H,2,6,8-13H2,1H3/t15-/m0/s1. The van der Waals surface area contributed by atoms with Crippen LogP contribution in [0.1, 0.15) is 25.5 Å². The number of nitrogens with zero attached hydrogens (tertiary/aromatic N) is 2. The molecule has 3 heterocycles. The third kappa shape index (κ3) is 4.07. The molecule has 2 saturated heterocycles. The van der Waals surface area contributed by atoms with Crippen molar-refractivity contribution in [3.05, 3.63) is 30.1 Å². The van der Waals surface area contributed by atoms with Gasteiger partial charge in [-0.05, 0) is 25.5 Å². The van der Waals surface area contributed by atoms with Crippen LogP contribution in [0.4, 0.5) is 0 Å². The van der Waals surface area contributed by atoms with Gasteiger partial charge in [0.15, 0.2) is 0 Å². The van der Waals surface area contributed by atoms with Crippen LogP contribution in [-0.2, 0) is 25.6 Å². The van der Waals surface area contributed by atoms with Crippen molar-refractivity contribution in [1.82, 2.24) is 9.88 Å². The molecular weight excluding hydrogens is 296 g/mol. The summed E-state index contributed by atoms with van der Waals surface area (Å²) in [5.74, 6) is 0.0394. The fourth-order valence-electron chi connectivity index (χ4n) is 3.14. The van der Waals surface area contributed by atoms with E-state index in [1.165, 1.54) is 0 Å². The van der Waals surface area contributed by atoms with E-state index in [4.69, 9.17) is 14.2 Å². The summed E-state index contributed by atoms with van der Waals surface area (Å²) in [6.45, 7) is 5.09. The first-order valence-electron chi connectivity index (χ1n) is 8.22. The maximum absolute atomic E-state index is 11.9. The molecule has 1 aromatic heterocycles. The minimum Gasteiger partial charge on any atom is -0.372 e. The lowest BCUT2D eigenvalue weighted by Gasteiger charge is -2.52. The molecule has 2 aliphatic heterocycles. The number of pyridine rings is 1. The third-order valence-corrected chi connectivity index (χ3v) is 4.38. The Bertz CT molecular complexity index is 517. The van der Waals surface area contributed by atoms with E-state index in [-0.39, 0.29) is 24.2 Å². The van der Waals surface area contributed by atoms with Crippen LogP contribution in [-0.4, -0.2) is 60.4 Å². The first-order valence-corrected chi connectivity index (χ1v) is 8.22. The number of ether oxygens (including phenoxy) is 3. The van der Waals surface area contributed by atoms with Crippen molar-refractivity contribution in [1.29, 1.82) is 0 Å². The number of hydrogen-bond acceptors (Lipinski definition) is 5. The first kappa shape index (κ1) is 16.4. The maximum atomic E-state index is 11.9. The highest BCUT2D eigenvalue weighted by molar-refractivity contribution is 5.78. The Labute approximate surface area is 136 Å². The zero-order valence-electron chi connectivity index (χ0n) is 13.6. The summed E-state index contributed by atoms with van der Waals surface area (Å²) in [5.41, 5.74) is 0.713. The lowest BCUT2D eigenvalue weighted by molar-refractivity contribution is -0.204. The van der Waals surface area contributed by atoms with E-state index in [0.717, 1.165) is 18.5 Å². The van der Waals surface area contributed by atoms with Gasteiger partial charge in [0.2, 0.25) is 5.91 Å². The second-order valence-electron chi connectivity index (χ2n) is 6.17. The minimum atomic E-state index is -0.227. The summed E-state index contributed by atoms with van der Waals surface area (Å²) in [5, 5.41) is 0. The normalized spacial score (nSPS) is 22.8. The molecular formula is C17H24N2O4. The second kappa shape index (κ2) is 7.38. The number of amides is 1. The average Bonchev–Trinajstić information content (AvgIpc) is 2.57. The van der Waals surface area contributed by atoms with Gasteiger partial charge in [-0.15, -0.1) is 0 Å². The van der Waals surface area contributed by atoms with Crippen molar-refractivity contribution < 1.29 is 19.0 Å². The highest BCUT2D eigenvalue weighted by Crippen LogP contribution is 2.35. The molecule has 0 bridgehead atoms. The van der Waals surface area contributed by atoms with Crippen molar-refractivity contribution in [2.24, 2.45) is 0 Å². The quantitative estimate of drug-likeness (QED) is 0.793. The molecule has 0 saturated carbocycles. The van der Waals surface area contributed by atoms with Crippen molar-refractivity contribution in [2.75, 3.05) is 32.9 Å². The Morgan fingerprint density at radius 3 is 3.09 bits per heavy atom. The molecule has 1 amide bonds. The fourth-order valence-corrected chi connectivity index (χ4v) is 3.14. The monoisotopic (exact) mass is 320 g/mol. The van der Waals surface area contributed by atoms with Crippen LogP contribution in [0.15, 0.2) is 24.4 Å². The number of aromatic nitrogens is 1. The van der Waals surface area contributed by atoms with E-state index >= 15 is 0 Å². The molecule has 1 aromatic rings. The molecule has 3 rings (SSSR count). The third-order valence-electron chi connectivity index (χ3n) is 4.38. The molecule has 6 nitrogen and oxygen atoms in total. The molecule has 0 radical (unpaired) electrons. The Kier molecular flexibility index (Phi) is 5.25. The van der Waals surface area contributed by atoms with Gasteiger partial charge in [-0.3, -0.25) is 9.78 Å². The Hall–Kier alpha value is -1.50. The van der Waals surface area contributed by atoms with Crippen molar-refractivity contribution >= 4 is 5.91 Å². The highest BCUT2D eigenvalue weighted by Gasteiger charge is 2.49. The largest absolute Gasteiger partial charge is 0.372 e. The smallest absolute Gasteiger partial charge is 0.248 e. The van der Waals surface area contributed by atoms with E-state index in [1.54, 1.807) is 11.1 Å². The van der Waals surface area contributed by atoms with Crippen LogP contribution < -0.4 is 0 Å². The number of carbonyl (C=O) groups excluding carboxylic acids is 1. The van der Waals surface area contributed by atoms with Gasteiger partial charge >= 0.3 is 0 Å². The van der Waals surface area contributed by atoms with Crippen molar-refractivity contribution in [3.63, 3.8) is 0 Å². The highest BCUT2D eigenvalue weighted by atomic mass is 16.5. The molecule has 2 fully saturated rings. The summed E-state index contributed by atoms with van der Waals surface area (Å²) >= 11 is 0. The van der Waals surface area contributed by atoms with Gasteiger partial charge in [0.1, 0.15) is 12.2 Å². The zero-order chi connectivity index (χ0) is 16.1. The topological polar surface area (TPSA) is 60.9 Å². The fraction of sp³-hybridized carbons (Fsp3) is 0.647. The van der Waals surface area contributed by atoms with Gasteiger partial charge in [0, 0.05) is 25.8 Å². The summed E-state index contributed by atoms with van der Waals surface area (Å²) in [6.07, 6.45) is 3.66. The van der Waals surface area contributed by atoms with Crippen molar-refractivity contribution in [3.8, 4) is 0 Å². The van der Waals surface area contributed by atoms with E-state index < -0.39 is 0 Å². The van der Waals surface area contributed by atoms with Crippen LogP contribution in [0.2, 0.25) is 0 Å². The molecule has 23 heavy (non-hydrogen) atoms. The van der Waals surface area contributed by atoms with Crippen LogP contribution in [0.5, 0.6) is 0 Å². The van der Waals surface area contributed by atoms with Crippen LogP contribution >= 0.6 is 0 Å². The second-order valence-corrected chi connectivity index (χ2v) is 6.17. The minimum absolute atomic E-state index is 0.0394. The Morgan fingerprint density at radius 2 is 2.35 bits per heavy atom. The number of rotatable bonds is 6. The SMILES string of the molecule is CCOCC(=O)N1CC2(C[C@@H](OCc3ccccn3)CCO2)C1. The van der Waals surface area contributed by atoms with Gasteiger partial charge < -0.3 is 19.1 Å². The summed E-state index contributed by atoms with van der Waals surface area (Å²) < 4.78 is 17.1. The van der Waals surface area contributed by atoms with Crippen LogP contribution in [0.25, 0.3) is 0 Å². The molecule has 2 aliphatic rings. The van der Waals surface area contributed by atoms with Gasteiger partial charge in [0.25, 0.3) is 0 Å². The van der Waals surface area contributed by atoms with E-state index in [0.29, 0.717) is 32.9 Å². The summed E-state index contributed by atoms with van der Waals surface area (Å²) in [7, 11) is 0. The molecule has 0 unspecified atom stereocenters. The predicted octanol–water partition coefficient (Wildman–Crippen LogP) is 1.39. The molecule has 1 spiro atoms. The van der Waals surface area contributed by atoms with Gasteiger partial charge in [0.05, 0.1) is 31.5 Å². The Balaban J connectivity index is 1.45. The zero-order valence-corrected chi connectivity index (χ0v) is 13.6.